The van der Waals surface area contributed by atoms with Crippen LogP contribution < -0.4 is 5.48 Å². The van der Waals surface area contributed by atoms with E-state index in [2.05, 4.69) is 12.1 Å². The van der Waals surface area contributed by atoms with E-state index in [0.717, 1.165) is 18.7 Å². The zero-order chi connectivity index (χ0) is 9.94. The zero-order valence-electron chi connectivity index (χ0n) is 7.82. The maximum absolute atomic E-state index is 5.27. The van der Waals surface area contributed by atoms with E-state index in [1.165, 1.54) is 19.3 Å². The molecular formula is C9H17Cl2NO. The molecule has 0 aliphatic carbocycles. The third-order valence-electron chi connectivity index (χ3n) is 1.51. The first kappa shape index (κ1) is 13.2. The molecule has 0 aromatic rings. The molecule has 1 saturated heterocycles. The van der Waals surface area contributed by atoms with Gasteiger partial charge in [-0.15, -0.1) is 23.2 Å². The van der Waals surface area contributed by atoms with Gasteiger partial charge in [-0.25, -0.2) is 5.48 Å². The summed E-state index contributed by atoms with van der Waals surface area (Å²) < 4.78 is 0. The van der Waals surface area contributed by atoms with E-state index in [4.69, 9.17) is 28.0 Å². The van der Waals surface area contributed by atoms with Crippen LogP contribution in [-0.2, 0) is 4.84 Å². The van der Waals surface area contributed by atoms with Crippen LogP contribution in [0.5, 0.6) is 0 Å². The van der Waals surface area contributed by atoms with Crippen LogP contribution in [0.4, 0.5) is 0 Å². The molecule has 1 aliphatic rings. The van der Waals surface area contributed by atoms with Crippen LogP contribution in [0.15, 0.2) is 12.2 Å². The fourth-order valence-electron chi connectivity index (χ4n) is 0.728. The molecule has 0 aromatic heterocycles. The Bertz CT molecular complexity index is 105. The predicted molar refractivity (Wildman–Crippen MR) is 58.4 cm³/mol. The van der Waals surface area contributed by atoms with E-state index >= 15 is 0 Å². The second kappa shape index (κ2) is 10.3. The minimum atomic E-state index is 0.476. The molecule has 4 heteroatoms. The minimum Gasteiger partial charge on any atom is -0.302 e. The van der Waals surface area contributed by atoms with Crippen molar-refractivity contribution >= 4 is 23.2 Å². The summed E-state index contributed by atoms with van der Waals surface area (Å²) >= 11 is 10.5. The Morgan fingerprint density at radius 2 is 1.92 bits per heavy atom. The summed E-state index contributed by atoms with van der Waals surface area (Å²) in [7, 11) is 0. The van der Waals surface area contributed by atoms with E-state index < -0.39 is 0 Å². The van der Waals surface area contributed by atoms with Crippen LogP contribution in [0.25, 0.3) is 0 Å². The Labute approximate surface area is 90.2 Å². The SMILES string of the molecule is C1CCNOCC1.C=C(CCl)CCl. The van der Waals surface area contributed by atoms with Crippen LogP contribution in [-0.4, -0.2) is 24.9 Å². The largest absolute Gasteiger partial charge is 0.302 e. The first-order valence-electron chi connectivity index (χ1n) is 4.44. The van der Waals surface area contributed by atoms with E-state index in [9.17, 15) is 0 Å². The molecule has 1 N–H and O–H groups in total. The standard InChI is InChI=1S/C5H11NO.C4H6Cl2/c1-2-4-6-7-5-3-1;1-4(2-5)3-6/h6H,1-5H2;1-3H2. The average molecular weight is 226 g/mol. The second-order valence-electron chi connectivity index (χ2n) is 2.82. The second-order valence-corrected chi connectivity index (χ2v) is 3.36. The number of hydroxylamine groups is 1. The van der Waals surface area contributed by atoms with Gasteiger partial charge in [0.25, 0.3) is 0 Å². The van der Waals surface area contributed by atoms with Gasteiger partial charge in [-0.2, -0.15) is 0 Å². The fourth-order valence-corrected chi connectivity index (χ4v) is 1.01. The van der Waals surface area contributed by atoms with E-state index in [0.29, 0.717) is 11.8 Å². The number of hydrogen-bond donors (Lipinski definition) is 1. The lowest BCUT2D eigenvalue weighted by Gasteiger charge is -1.94. The van der Waals surface area contributed by atoms with Gasteiger partial charge < -0.3 is 4.84 Å². The molecule has 0 spiro atoms. The molecule has 0 saturated carbocycles. The molecule has 2 nitrogen and oxygen atoms in total. The third kappa shape index (κ3) is 10.2. The molecular weight excluding hydrogens is 209 g/mol. The lowest BCUT2D eigenvalue weighted by molar-refractivity contribution is 0.0525. The van der Waals surface area contributed by atoms with Gasteiger partial charge in [0.15, 0.2) is 0 Å². The van der Waals surface area contributed by atoms with Crippen LogP contribution >= 0.6 is 23.2 Å². The molecule has 0 aromatic carbocycles. The van der Waals surface area contributed by atoms with Crippen molar-refractivity contribution in [3.8, 4) is 0 Å². The molecule has 0 amide bonds. The van der Waals surface area contributed by atoms with E-state index in [-0.39, 0.29) is 0 Å². The van der Waals surface area contributed by atoms with Crippen molar-refractivity contribution in [3.05, 3.63) is 12.2 Å². The van der Waals surface area contributed by atoms with Gasteiger partial charge in [0.05, 0.1) is 6.61 Å². The molecule has 1 rings (SSSR count). The normalized spacial score (nSPS) is 16.8. The number of alkyl halides is 2. The van der Waals surface area contributed by atoms with Crippen molar-refractivity contribution < 1.29 is 4.84 Å². The highest BCUT2D eigenvalue weighted by atomic mass is 35.5. The van der Waals surface area contributed by atoms with Crippen LogP contribution in [0.1, 0.15) is 19.3 Å². The average Bonchev–Trinajstić information content (AvgIpc) is 2.49. The quantitative estimate of drug-likeness (QED) is 0.577. The van der Waals surface area contributed by atoms with Gasteiger partial charge in [0, 0.05) is 18.3 Å². The summed E-state index contributed by atoms with van der Waals surface area (Å²) in [6.45, 7) is 5.44. The van der Waals surface area contributed by atoms with Gasteiger partial charge in [-0.05, 0) is 24.8 Å². The van der Waals surface area contributed by atoms with Crippen molar-refractivity contribution in [2.75, 3.05) is 24.9 Å². The van der Waals surface area contributed by atoms with Crippen LogP contribution in [0.3, 0.4) is 0 Å². The highest BCUT2D eigenvalue weighted by molar-refractivity contribution is 6.23. The molecule has 0 unspecified atom stereocenters. The van der Waals surface area contributed by atoms with Crippen molar-refractivity contribution in [2.24, 2.45) is 0 Å². The molecule has 1 heterocycles. The smallest absolute Gasteiger partial charge is 0.0682 e. The molecule has 1 fully saturated rings. The van der Waals surface area contributed by atoms with Gasteiger partial charge in [-0.3, -0.25) is 0 Å². The summed E-state index contributed by atoms with van der Waals surface area (Å²) in [5.41, 5.74) is 3.72. The Balaban J connectivity index is 0.000000226. The van der Waals surface area contributed by atoms with Gasteiger partial charge in [0.2, 0.25) is 0 Å². The van der Waals surface area contributed by atoms with Crippen molar-refractivity contribution in [2.45, 2.75) is 19.3 Å². The van der Waals surface area contributed by atoms with Crippen LogP contribution in [0.2, 0.25) is 0 Å². The van der Waals surface area contributed by atoms with E-state index in [1.807, 2.05) is 0 Å². The molecule has 0 radical (unpaired) electrons. The van der Waals surface area contributed by atoms with Gasteiger partial charge in [-0.1, -0.05) is 6.58 Å². The Kier molecular flexibility index (Phi) is 10.5. The van der Waals surface area contributed by atoms with E-state index in [1.54, 1.807) is 0 Å². The number of nitrogens with one attached hydrogen (secondary N) is 1. The Hall–Kier alpha value is 0.240. The maximum Gasteiger partial charge on any atom is 0.0682 e. The van der Waals surface area contributed by atoms with Crippen molar-refractivity contribution in [1.29, 1.82) is 0 Å². The molecule has 0 atom stereocenters. The Morgan fingerprint density at radius 3 is 2.46 bits per heavy atom. The summed E-state index contributed by atoms with van der Waals surface area (Å²) in [5, 5.41) is 0. The molecule has 0 bridgehead atoms. The Morgan fingerprint density at radius 1 is 1.23 bits per heavy atom. The number of hydrogen-bond acceptors (Lipinski definition) is 2. The molecule has 78 valence electrons. The summed E-state index contributed by atoms with van der Waals surface area (Å²) in [6, 6.07) is 0. The number of allylic oxidation sites excluding steroid dienone is 1. The zero-order valence-corrected chi connectivity index (χ0v) is 9.33. The van der Waals surface area contributed by atoms with Gasteiger partial charge >= 0.3 is 0 Å². The minimum absolute atomic E-state index is 0.476. The highest BCUT2D eigenvalue weighted by Crippen LogP contribution is 1.96. The first-order chi connectivity index (χ1) is 6.31. The lowest BCUT2D eigenvalue weighted by Crippen LogP contribution is -2.12. The van der Waals surface area contributed by atoms with Gasteiger partial charge in [0.1, 0.15) is 0 Å². The summed E-state index contributed by atoms with van der Waals surface area (Å²) in [6.07, 6.45) is 3.79. The fraction of sp³-hybridized carbons (Fsp3) is 0.778. The third-order valence-corrected chi connectivity index (χ3v) is 2.26. The van der Waals surface area contributed by atoms with Crippen LogP contribution in [0, 0.1) is 0 Å². The van der Waals surface area contributed by atoms with Crippen molar-refractivity contribution in [3.63, 3.8) is 0 Å². The monoisotopic (exact) mass is 225 g/mol. The molecule has 13 heavy (non-hydrogen) atoms. The number of halogens is 2. The predicted octanol–water partition coefficient (Wildman–Crippen LogP) is 2.71. The van der Waals surface area contributed by atoms with Crippen molar-refractivity contribution in [1.82, 2.24) is 5.48 Å². The number of rotatable bonds is 2. The maximum atomic E-state index is 5.27. The topological polar surface area (TPSA) is 21.3 Å². The molecule has 1 aliphatic heterocycles. The first-order valence-corrected chi connectivity index (χ1v) is 5.51. The highest BCUT2D eigenvalue weighted by Gasteiger charge is 1.94. The summed E-state index contributed by atoms with van der Waals surface area (Å²) in [5.74, 6) is 0.951. The summed E-state index contributed by atoms with van der Waals surface area (Å²) in [4.78, 5) is 4.94. The lowest BCUT2D eigenvalue weighted by atomic mass is 10.2.